The highest BCUT2D eigenvalue weighted by atomic mass is 16.6. The second kappa shape index (κ2) is 9.17. The van der Waals surface area contributed by atoms with Gasteiger partial charge >= 0.3 is 11.9 Å². The lowest BCUT2D eigenvalue weighted by atomic mass is 9.98. The van der Waals surface area contributed by atoms with E-state index >= 15 is 0 Å². The van der Waals surface area contributed by atoms with Crippen LogP contribution in [0.15, 0.2) is 0 Å². The van der Waals surface area contributed by atoms with Gasteiger partial charge in [-0.3, -0.25) is 9.59 Å². The Bertz CT molecular complexity index is 494. The second-order valence-corrected chi connectivity index (χ2v) is 7.05. The van der Waals surface area contributed by atoms with E-state index in [2.05, 4.69) is 0 Å². The highest BCUT2D eigenvalue weighted by Gasteiger charge is 2.37. The van der Waals surface area contributed by atoms with Gasteiger partial charge in [0.25, 0.3) is 0 Å². The van der Waals surface area contributed by atoms with E-state index in [-0.39, 0.29) is 43.1 Å². The minimum Gasteiger partial charge on any atom is -0.465 e. The molecule has 2 rings (SSSR count). The zero-order valence-electron chi connectivity index (χ0n) is 15.4. The van der Waals surface area contributed by atoms with Crippen molar-refractivity contribution in [3.05, 3.63) is 0 Å². The average Bonchev–Trinajstić information content (AvgIpc) is 3.08. The third kappa shape index (κ3) is 5.17. The number of rotatable bonds is 1. The smallest absolute Gasteiger partial charge is 0.328 e. The lowest BCUT2D eigenvalue weighted by Gasteiger charge is -2.27. The maximum Gasteiger partial charge on any atom is 0.328 e. The van der Waals surface area contributed by atoms with Crippen LogP contribution in [-0.2, 0) is 28.6 Å². The number of amides is 1. The van der Waals surface area contributed by atoms with Crippen molar-refractivity contribution >= 4 is 17.8 Å². The highest BCUT2D eigenvalue weighted by molar-refractivity contribution is 5.86. The molecular formula is C18H29NO6. The molecule has 0 unspecified atom stereocenters. The summed E-state index contributed by atoms with van der Waals surface area (Å²) in [6, 6.07) is -0.552. The van der Waals surface area contributed by atoms with Crippen molar-refractivity contribution in [3.8, 4) is 0 Å². The first kappa shape index (κ1) is 19.7. The summed E-state index contributed by atoms with van der Waals surface area (Å²) in [5.74, 6) is -1.15. The average molecular weight is 355 g/mol. The van der Waals surface area contributed by atoms with Crippen molar-refractivity contribution in [1.82, 2.24) is 4.90 Å². The van der Waals surface area contributed by atoms with E-state index < -0.39 is 12.0 Å². The maximum atomic E-state index is 12.6. The van der Waals surface area contributed by atoms with E-state index in [1.54, 1.807) is 18.9 Å². The number of carbonyl (C=O) groups is 3. The predicted molar refractivity (Wildman–Crippen MR) is 89.6 cm³/mol. The number of hydrogen-bond acceptors (Lipinski definition) is 6. The Morgan fingerprint density at radius 1 is 1.04 bits per heavy atom. The lowest BCUT2D eigenvalue weighted by Crippen LogP contribution is -2.45. The molecule has 4 atom stereocenters. The molecule has 0 aromatic carbocycles. The molecule has 0 saturated carbocycles. The van der Waals surface area contributed by atoms with Crippen molar-refractivity contribution in [3.63, 3.8) is 0 Å². The number of hydrogen-bond donors (Lipinski definition) is 0. The molecule has 0 N–H and O–H groups in total. The van der Waals surface area contributed by atoms with Gasteiger partial charge in [-0.15, -0.1) is 0 Å². The minimum absolute atomic E-state index is 0.0478. The summed E-state index contributed by atoms with van der Waals surface area (Å²) in [5, 5.41) is 0. The molecule has 7 nitrogen and oxygen atoms in total. The molecule has 1 amide bonds. The van der Waals surface area contributed by atoms with E-state index in [0.29, 0.717) is 25.8 Å². The van der Waals surface area contributed by atoms with Gasteiger partial charge in [0.2, 0.25) is 5.91 Å². The Balaban J connectivity index is 2.12. The van der Waals surface area contributed by atoms with Crippen LogP contribution in [0.5, 0.6) is 0 Å². The first-order valence-electron chi connectivity index (χ1n) is 9.09. The zero-order chi connectivity index (χ0) is 18.4. The molecule has 7 heteroatoms. The van der Waals surface area contributed by atoms with Crippen LogP contribution in [0.2, 0.25) is 0 Å². The molecule has 25 heavy (non-hydrogen) atoms. The van der Waals surface area contributed by atoms with E-state index in [1.807, 2.05) is 6.92 Å². The summed E-state index contributed by atoms with van der Waals surface area (Å²) >= 11 is 0. The van der Waals surface area contributed by atoms with E-state index in [4.69, 9.17) is 14.2 Å². The molecule has 142 valence electrons. The van der Waals surface area contributed by atoms with Crippen LogP contribution in [-0.4, -0.2) is 61.8 Å². The number of cyclic esters (lactones) is 2. The molecule has 0 radical (unpaired) electrons. The molecular weight excluding hydrogens is 326 g/mol. The van der Waals surface area contributed by atoms with Gasteiger partial charge in [-0.05, 0) is 31.6 Å². The van der Waals surface area contributed by atoms with Gasteiger partial charge in [-0.1, -0.05) is 13.8 Å². The topological polar surface area (TPSA) is 82.1 Å². The number of esters is 2. The third-order valence-electron chi connectivity index (χ3n) is 5.09. The molecule has 2 fully saturated rings. The largest absolute Gasteiger partial charge is 0.465 e. The van der Waals surface area contributed by atoms with Gasteiger partial charge in [0.05, 0.1) is 12.0 Å². The summed E-state index contributed by atoms with van der Waals surface area (Å²) in [7, 11) is 1.59. The van der Waals surface area contributed by atoms with Gasteiger partial charge in [0, 0.05) is 20.1 Å². The van der Waals surface area contributed by atoms with Gasteiger partial charge < -0.3 is 19.1 Å². The first-order valence-corrected chi connectivity index (χ1v) is 9.09. The zero-order valence-corrected chi connectivity index (χ0v) is 15.4. The normalized spacial score (nSPS) is 33.1. The molecule has 0 aliphatic carbocycles. The first-order chi connectivity index (χ1) is 11.9. The lowest BCUT2D eigenvalue weighted by molar-refractivity contribution is -0.159. The standard InChI is InChI=1S/C18H29NO6/c1-12-6-4-8-16(20)24-10-13(2)17(21)19-9-5-7-14(19)18(22)25-11-15(12)23-3/h12-15H,4-11H2,1-3H3/t12-,13+,14-,15-/m1/s1. The summed E-state index contributed by atoms with van der Waals surface area (Å²) in [6.45, 7) is 4.47. The molecule has 0 aromatic heterocycles. The summed E-state index contributed by atoms with van der Waals surface area (Å²) < 4.78 is 16.1. The van der Waals surface area contributed by atoms with Crippen LogP contribution < -0.4 is 0 Å². The highest BCUT2D eigenvalue weighted by Crippen LogP contribution is 2.23. The van der Waals surface area contributed by atoms with E-state index in [1.165, 1.54) is 0 Å². The van der Waals surface area contributed by atoms with Crippen LogP contribution in [0.3, 0.4) is 0 Å². The fourth-order valence-corrected chi connectivity index (χ4v) is 3.40. The van der Waals surface area contributed by atoms with Crippen LogP contribution in [0.25, 0.3) is 0 Å². The van der Waals surface area contributed by atoms with Crippen molar-refractivity contribution in [1.29, 1.82) is 0 Å². The molecule has 2 saturated heterocycles. The monoisotopic (exact) mass is 355 g/mol. The molecule has 2 aliphatic rings. The molecule has 0 spiro atoms. The second-order valence-electron chi connectivity index (χ2n) is 7.05. The van der Waals surface area contributed by atoms with Crippen LogP contribution >= 0.6 is 0 Å². The Labute approximate surface area is 149 Å². The van der Waals surface area contributed by atoms with Crippen LogP contribution in [0.1, 0.15) is 46.0 Å². The summed E-state index contributed by atoms with van der Waals surface area (Å²) in [4.78, 5) is 38.5. The van der Waals surface area contributed by atoms with Crippen molar-refractivity contribution in [2.24, 2.45) is 11.8 Å². The number of nitrogens with zero attached hydrogens (tertiary/aromatic N) is 1. The van der Waals surface area contributed by atoms with Crippen molar-refractivity contribution < 1.29 is 28.6 Å². The van der Waals surface area contributed by atoms with Gasteiger partial charge in [0.15, 0.2) is 0 Å². The van der Waals surface area contributed by atoms with Crippen LogP contribution in [0.4, 0.5) is 0 Å². The third-order valence-corrected chi connectivity index (χ3v) is 5.09. The Morgan fingerprint density at radius 2 is 1.80 bits per heavy atom. The van der Waals surface area contributed by atoms with Crippen molar-refractivity contribution in [2.75, 3.05) is 26.9 Å². The quantitative estimate of drug-likeness (QED) is 0.664. The minimum atomic E-state index is -0.552. The van der Waals surface area contributed by atoms with E-state index in [9.17, 15) is 14.4 Å². The molecule has 2 heterocycles. The fraction of sp³-hybridized carbons (Fsp3) is 0.833. The van der Waals surface area contributed by atoms with Gasteiger partial charge in [-0.2, -0.15) is 0 Å². The summed E-state index contributed by atoms with van der Waals surface area (Å²) in [5.41, 5.74) is 0. The number of fused-ring (bicyclic) bond motifs is 1. The fourth-order valence-electron chi connectivity index (χ4n) is 3.40. The SMILES string of the molecule is CO[C@@H]1COC(=O)[C@H]2CCCN2C(=O)[C@@H](C)COC(=O)CCC[C@H]1C. The predicted octanol–water partition coefficient (Wildman–Crippen LogP) is 1.53. The Kier molecular flexibility index (Phi) is 7.23. The number of methoxy groups -OCH3 is 1. The maximum absolute atomic E-state index is 12.6. The number of carbonyl (C=O) groups excluding carboxylic acids is 3. The Morgan fingerprint density at radius 3 is 2.52 bits per heavy atom. The van der Waals surface area contributed by atoms with Crippen molar-refractivity contribution in [2.45, 2.75) is 58.1 Å². The molecule has 0 aromatic rings. The van der Waals surface area contributed by atoms with Gasteiger partial charge in [-0.25, -0.2) is 4.79 Å². The summed E-state index contributed by atoms with van der Waals surface area (Å²) in [6.07, 6.45) is 2.90. The molecule has 0 bridgehead atoms. The molecule has 2 aliphatic heterocycles. The Hall–Kier alpha value is -1.63. The van der Waals surface area contributed by atoms with Gasteiger partial charge in [0.1, 0.15) is 19.3 Å². The van der Waals surface area contributed by atoms with Crippen LogP contribution in [0, 0.1) is 11.8 Å². The number of ether oxygens (including phenoxy) is 3. The van der Waals surface area contributed by atoms with E-state index in [0.717, 1.165) is 12.8 Å².